The summed E-state index contributed by atoms with van der Waals surface area (Å²) in [6, 6.07) is 10.7. The van der Waals surface area contributed by atoms with E-state index >= 15 is 0 Å². The third-order valence-electron chi connectivity index (χ3n) is 4.37. The van der Waals surface area contributed by atoms with Crippen LogP contribution in [0.3, 0.4) is 0 Å². The maximum Gasteiger partial charge on any atom is 0.273 e. The lowest BCUT2D eigenvalue weighted by molar-refractivity contribution is 0.401. The van der Waals surface area contributed by atoms with Crippen molar-refractivity contribution in [2.24, 2.45) is 0 Å². The van der Waals surface area contributed by atoms with Gasteiger partial charge in [0.25, 0.3) is 10.0 Å². The second-order valence-electron chi connectivity index (χ2n) is 6.43. The van der Waals surface area contributed by atoms with Crippen LogP contribution in [0.1, 0.15) is 36.7 Å². The zero-order valence-corrected chi connectivity index (χ0v) is 15.9. The quantitative estimate of drug-likeness (QED) is 0.707. The number of aryl methyl sites for hydroxylation is 2. The van der Waals surface area contributed by atoms with Gasteiger partial charge in [-0.25, -0.2) is 17.4 Å². The van der Waals surface area contributed by atoms with Gasteiger partial charge in [0.2, 0.25) is 0 Å². The van der Waals surface area contributed by atoms with Crippen molar-refractivity contribution in [3.05, 3.63) is 53.3 Å². The van der Waals surface area contributed by atoms with Gasteiger partial charge in [-0.2, -0.15) is 0 Å². The fourth-order valence-electron chi connectivity index (χ4n) is 3.19. The van der Waals surface area contributed by atoms with Crippen LogP contribution >= 0.6 is 0 Å². The smallest absolute Gasteiger partial charge is 0.273 e. The van der Waals surface area contributed by atoms with E-state index in [9.17, 15) is 8.42 Å². The normalized spacial score (nSPS) is 12.1. The van der Waals surface area contributed by atoms with E-state index < -0.39 is 10.0 Å². The van der Waals surface area contributed by atoms with Crippen LogP contribution in [0.2, 0.25) is 0 Å². The Bertz CT molecular complexity index is 1050. The van der Waals surface area contributed by atoms with E-state index in [1.807, 2.05) is 26.8 Å². The summed E-state index contributed by atoms with van der Waals surface area (Å²) in [5, 5.41) is 0. The zero-order valence-electron chi connectivity index (χ0n) is 15.1. The Hall–Kier alpha value is -2.34. The van der Waals surface area contributed by atoms with Crippen LogP contribution in [0.5, 0.6) is 5.75 Å². The summed E-state index contributed by atoms with van der Waals surface area (Å²) in [6.07, 6.45) is 0. The molecule has 0 spiro atoms. The van der Waals surface area contributed by atoms with Crippen LogP contribution < -0.4 is 4.74 Å². The van der Waals surface area contributed by atoms with Gasteiger partial charge in [-0.3, -0.25) is 0 Å². The molecule has 3 rings (SSSR count). The van der Waals surface area contributed by atoms with Crippen molar-refractivity contribution >= 4 is 21.1 Å². The third-order valence-corrected chi connectivity index (χ3v) is 6.19. The molecule has 0 amide bonds. The fourth-order valence-corrected chi connectivity index (χ4v) is 4.86. The van der Waals surface area contributed by atoms with Crippen LogP contribution in [0.25, 0.3) is 11.0 Å². The minimum Gasteiger partial charge on any atom is -0.495 e. The predicted octanol–water partition coefficient (Wildman–Crippen LogP) is 4.02. The number of aromatic nitrogens is 2. The molecular weight excluding hydrogens is 336 g/mol. The van der Waals surface area contributed by atoms with E-state index in [0.717, 1.165) is 11.1 Å². The first-order valence-electron chi connectivity index (χ1n) is 8.15. The van der Waals surface area contributed by atoms with E-state index in [0.29, 0.717) is 22.6 Å². The molecule has 1 heterocycles. The molecule has 0 N–H and O–H groups in total. The minimum absolute atomic E-state index is 0.163. The van der Waals surface area contributed by atoms with E-state index in [1.165, 1.54) is 11.1 Å². The maximum atomic E-state index is 13.4. The van der Waals surface area contributed by atoms with Crippen LogP contribution in [-0.4, -0.2) is 24.5 Å². The van der Waals surface area contributed by atoms with E-state index in [2.05, 4.69) is 4.98 Å². The van der Waals surface area contributed by atoms with Crippen LogP contribution in [0, 0.1) is 13.8 Å². The molecule has 0 saturated heterocycles. The molecule has 3 aromatic rings. The highest BCUT2D eigenvalue weighted by atomic mass is 32.2. The lowest BCUT2D eigenvalue weighted by Gasteiger charge is -2.17. The van der Waals surface area contributed by atoms with Gasteiger partial charge in [0.1, 0.15) is 16.5 Å². The SMILES string of the molecule is COc1cc(C)c(C(C)C)cc1S(=O)(=O)n1c(C)nc2ccccc21. The molecule has 5 nitrogen and oxygen atoms in total. The molecule has 0 atom stereocenters. The fraction of sp³-hybridized carbons (Fsp3) is 0.316. The molecule has 25 heavy (non-hydrogen) atoms. The summed E-state index contributed by atoms with van der Waals surface area (Å²) in [7, 11) is -2.35. The highest BCUT2D eigenvalue weighted by Gasteiger charge is 2.27. The van der Waals surface area contributed by atoms with Gasteiger partial charge in [0, 0.05) is 0 Å². The van der Waals surface area contributed by atoms with Gasteiger partial charge in [-0.05, 0) is 55.2 Å². The van der Waals surface area contributed by atoms with Crippen LogP contribution in [0.15, 0.2) is 41.3 Å². The average molecular weight is 358 g/mol. The first kappa shape index (κ1) is 17.5. The van der Waals surface area contributed by atoms with Crippen molar-refractivity contribution in [2.45, 2.75) is 38.5 Å². The molecule has 0 bridgehead atoms. The van der Waals surface area contributed by atoms with Crippen molar-refractivity contribution < 1.29 is 13.2 Å². The second kappa shape index (κ2) is 6.19. The summed E-state index contributed by atoms with van der Waals surface area (Å²) in [5.74, 6) is 0.981. The minimum atomic E-state index is -3.84. The van der Waals surface area contributed by atoms with Gasteiger partial charge < -0.3 is 4.74 Å². The van der Waals surface area contributed by atoms with Crippen molar-refractivity contribution in [3.8, 4) is 5.75 Å². The number of hydrogen-bond acceptors (Lipinski definition) is 4. The standard InChI is InChI=1S/C19H22N2O3S/c1-12(2)15-11-19(18(24-5)10-13(15)3)25(22,23)21-14(4)20-16-8-6-7-9-17(16)21/h6-12H,1-5H3. The number of imidazole rings is 1. The van der Waals surface area contributed by atoms with Crippen molar-refractivity contribution in [1.29, 1.82) is 0 Å². The monoisotopic (exact) mass is 358 g/mol. The highest BCUT2D eigenvalue weighted by molar-refractivity contribution is 7.90. The molecular formula is C19H22N2O3S. The van der Waals surface area contributed by atoms with E-state index in [1.54, 1.807) is 37.3 Å². The Morgan fingerprint density at radius 2 is 1.80 bits per heavy atom. The van der Waals surface area contributed by atoms with Crippen molar-refractivity contribution in [1.82, 2.24) is 8.96 Å². The van der Waals surface area contributed by atoms with E-state index in [-0.39, 0.29) is 10.8 Å². The number of para-hydroxylation sites is 2. The van der Waals surface area contributed by atoms with Gasteiger partial charge >= 0.3 is 0 Å². The summed E-state index contributed by atoms with van der Waals surface area (Å²) in [4.78, 5) is 4.54. The Morgan fingerprint density at radius 3 is 2.44 bits per heavy atom. The first-order valence-corrected chi connectivity index (χ1v) is 9.59. The average Bonchev–Trinajstić information content (AvgIpc) is 2.90. The molecule has 2 aromatic carbocycles. The molecule has 0 aliphatic rings. The number of fused-ring (bicyclic) bond motifs is 1. The topological polar surface area (TPSA) is 61.2 Å². The summed E-state index contributed by atoms with van der Waals surface area (Å²) >= 11 is 0. The maximum absolute atomic E-state index is 13.4. The largest absolute Gasteiger partial charge is 0.495 e. The van der Waals surface area contributed by atoms with Gasteiger partial charge in [-0.15, -0.1) is 0 Å². The number of methoxy groups -OCH3 is 1. The molecule has 0 saturated carbocycles. The number of benzene rings is 2. The molecule has 132 valence electrons. The third kappa shape index (κ3) is 2.80. The van der Waals surface area contributed by atoms with Gasteiger partial charge in [-0.1, -0.05) is 26.0 Å². The summed E-state index contributed by atoms with van der Waals surface area (Å²) in [6.45, 7) is 7.75. The molecule has 0 fully saturated rings. The second-order valence-corrected chi connectivity index (χ2v) is 8.19. The van der Waals surface area contributed by atoms with Crippen LogP contribution in [-0.2, 0) is 10.0 Å². The number of hydrogen-bond donors (Lipinski definition) is 0. The van der Waals surface area contributed by atoms with Crippen molar-refractivity contribution in [2.75, 3.05) is 7.11 Å². The first-order chi connectivity index (χ1) is 11.8. The van der Waals surface area contributed by atoms with Gasteiger partial charge in [0.05, 0.1) is 18.1 Å². The van der Waals surface area contributed by atoms with Gasteiger partial charge in [0.15, 0.2) is 0 Å². The number of nitrogens with zero attached hydrogens (tertiary/aromatic N) is 2. The highest BCUT2D eigenvalue weighted by Crippen LogP contribution is 2.34. The van der Waals surface area contributed by atoms with Crippen molar-refractivity contribution in [3.63, 3.8) is 0 Å². The molecule has 0 radical (unpaired) electrons. The Balaban J connectivity index is 2.34. The summed E-state index contributed by atoms with van der Waals surface area (Å²) < 4.78 is 33.6. The molecule has 0 aliphatic carbocycles. The molecule has 0 unspecified atom stereocenters. The predicted molar refractivity (Wildman–Crippen MR) is 98.9 cm³/mol. The Kier molecular flexibility index (Phi) is 4.33. The Morgan fingerprint density at radius 1 is 1.12 bits per heavy atom. The molecule has 0 aliphatic heterocycles. The van der Waals surface area contributed by atoms with Crippen LogP contribution in [0.4, 0.5) is 0 Å². The lowest BCUT2D eigenvalue weighted by atomic mass is 9.98. The molecule has 1 aromatic heterocycles. The van der Waals surface area contributed by atoms with E-state index in [4.69, 9.17) is 4.74 Å². The number of ether oxygens (including phenoxy) is 1. The molecule has 6 heteroatoms. The lowest BCUT2D eigenvalue weighted by Crippen LogP contribution is -2.16. The Labute approximate surface area is 148 Å². The zero-order chi connectivity index (χ0) is 18.4. The number of rotatable bonds is 4. The summed E-state index contributed by atoms with van der Waals surface area (Å²) in [5.41, 5.74) is 3.21.